The van der Waals surface area contributed by atoms with Gasteiger partial charge in [0, 0.05) is 42.3 Å². The number of ketones is 1. The smallest absolute Gasteiger partial charge is 0.327 e. The number of imide groups is 1. The van der Waals surface area contributed by atoms with Crippen molar-refractivity contribution in [2.24, 2.45) is 5.92 Å². The fourth-order valence-corrected chi connectivity index (χ4v) is 5.07. The van der Waals surface area contributed by atoms with Gasteiger partial charge in [0.2, 0.25) is 5.91 Å². The van der Waals surface area contributed by atoms with Gasteiger partial charge in [0.15, 0.2) is 5.78 Å². The van der Waals surface area contributed by atoms with Gasteiger partial charge in [-0.3, -0.25) is 14.5 Å². The maximum atomic E-state index is 13.6. The summed E-state index contributed by atoms with van der Waals surface area (Å²) < 4.78 is 11.1. The third-order valence-electron chi connectivity index (χ3n) is 6.65. The summed E-state index contributed by atoms with van der Waals surface area (Å²) >= 11 is 0. The van der Waals surface area contributed by atoms with E-state index in [-0.39, 0.29) is 11.7 Å². The van der Waals surface area contributed by atoms with Crippen LogP contribution in [0.15, 0.2) is 48.0 Å². The van der Waals surface area contributed by atoms with E-state index in [0.29, 0.717) is 33.9 Å². The molecule has 32 heavy (non-hydrogen) atoms. The van der Waals surface area contributed by atoms with E-state index in [2.05, 4.69) is 5.32 Å². The Morgan fingerprint density at radius 1 is 0.938 bits per heavy atom. The summed E-state index contributed by atoms with van der Waals surface area (Å²) in [5, 5.41) is 3.35. The second-order valence-electron chi connectivity index (χ2n) is 8.15. The van der Waals surface area contributed by atoms with Gasteiger partial charge in [-0.15, -0.1) is 0 Å². The van der Waals surface area contributed by atoms with Crippen molar-refractivity contribution in [1.82, 2.24) is 15.1 Å². The van der Waals surface area contributed by atoms with E-state index in [9.17, 15) is 14.4 Å². The molecule has 2 aromatic rings. The predicted molar refractivity (Wildman–Crippen MR) is 116 cm³/mol. The predicted octanol–water partition coefficient (Wildman–Crippen LogP) is 2.46. The molecular formula is C24H23N3O5. The molecule has 3 amide bonds. The lowest BCUT2D eigenvalue weighted by molar-refractivity contribution is -0.138. The van der Waals surface area contributed by atoms with Crippen LogP contribution >= 0.6 is 0 Å². The molecule has 3 unspecified atom stereocenters. The van der Waals surface area contributed by atoms with Gasteiger partial charge in [0.25, 0.3) is 0 Å². The summed E-state index contributed by atoms with van der Waals surface area (Å²) in [7, 11) is 6.23. The van der Waals surface area contributed by atoms with Gasteiger partial charge in [-0.05, 0) is 18.2 Å². The summed E-state index contributed by atoms with van der Waals surface area (Å²) in [6, 6.07) is 12.3. The molecular weight excluding hydrogens is 410 g/mol. The molecule has 8 nitrogen and oxygen atoms in total. The van der Waals surface area contributed by atoms with Crippen LogP contribution in [0.4, 0.5) is 4.79 Å². The minimum absolute atomic E-state index is 0.133. The fourth-order valence-electron chi connectivity index (χ4n) is 5.07. The third-order valence-corrected chi connectivity index (χ3v) is 6.65. The van der Waals surface area contributed by atoms with Gasteiger partial charge in [0.1, 0.15) is 17.7 Å². The number of hydrogen-bond acceptors (Lipinski definition) is 6. The number of Topliss-reactive ketones (excluding diaryl/α,β-unsaturated/α-hetero) is 1. The molecule has 3 atom stereocenters. The quantitative estimate of drug-likeness (QED) is 0.800. The summed E-state index contributed by atoms with van der Waals surface area (Å²) in [5.41, 5.74) is 3.17. The number of benzene rings is 2. The molecule has 0 spiro atoms. The molecule has 2 heterocycles. The topological polar surface area (TPSA) is 88.2 Å². The first kappa shape index (κ1) is 20.1. The van der Waals surface area contributed by atoms with E-state index in [1.54, 1.807) is 45.5 Å². The van der Waals surface area contributed by atoms with Crippen LogP contribution in [0.3, 0.4) is 0 Å². The first-order chi connectivity index (χ1) is 15.4. The molecule has 1 saturated heterocycles. The average Bonchev–Trinajstić information content (AvgIpc) is 3.11. The zero-order valence-corrected chi connectivity index (χ0v) is 18.2. The lowest BCUT2D eigenvalue weighted by Crippen LogP contribution is -2.66. The first-order valence-electron chi connectivity index (χ1n) is 10.3. The van der Waals surface area contributed by atoms with Crippen LogP contribution in [0.25, 0.3) is 5.70 Å². The van der Waals surface area contributed by atoms with Crippen LogP contribution in [0.5, 0.6) is 11.5 Å². The van der Waals surface area contributed by atoms with Crippen molar-refractivity contribution in [3.8, 4) is 11.5 Å². The molecule has 164 valence electrons. The highest BCUT2D eigenvalue weighted by Gasteiger charge is 2.55. The van der Waals surface area contributed by atoms with Crippen molar-refractivity contribution in [1.29, 1.82) is 0 Å². The number of methoxy groups -OCH3 is 2. The standard InChI is InChI=1S/C24H23N3O5/c1-26-22-19(23(29)27(2)24(26)30)17(15-11-12(31-3)9-10-16(15)32-4)18-20(25-22)13-7-5-6-8-14(13)21(18)28/h5-11,17,19,22,25H,1-4H3. The van der Waals surface area contributed by atoms with Crippen molar-refractivity contribution < 1.29 is 23.9 Å². The number of nitrogens with zero attached hydrogens (tertiary/aromatic N) is 2. The maximum Gasteiger partial charge on any atom is 0.327 e. The van der Waals surface area contributed by atoms with Gasteiger partial charge in [-0.25, -0.2) is 4.79 Å². The van der Waals surface area contributed by atoms with Crippen molar-refractivity contribution in [2.75, 3.05) is 28.3 Å². The maximum absolute atomic E-state index is 13.6. The van der Waals surface area contributed by atoms with Gasteiger partial charge >= 0.3 is 6.03 Å². The number of allylic oxidation sites excluding steroid dienone is 1. The number of nitrogens with one attached hydrogen (secondary N) is 1. The first-order valence-corrected chi connectivity index (χ1v) is 10.3. The molecule has 2 aromatic carbocycles. The highest BCUT2D eigenvalue weighted by atomic mass is 16.5. The molecule has 1 fully saturated rings. The average molecular weight is 433 g/mol. The minimum atomic E-state index is -0.722. The summed E-state index contributed by atoms with van der Waals surface area (Å²) in [6.45, 7) is 0. The van der Waals surface area contributed by atoms with Gasteiger partial charge in [0.05, 0.1) is 25.8 Å². The number of hydrogen-bond donors (Lipinski definition) is 1. The zero-order valence-electron chi connectivity index (χ0n) is 18.2. The summed E-state index contributed by atoms with van der Waals surface area (Å²) in [5.74, 6) is -0.710. The second-order valence-corrected chi connectivity index (χ2v) is 8.15. The largest absolute Gasteiger partial charge is 0.497 e. The Morgan fingerprint density at radius 3 is 2.34 bits per heavy atom. The Kier molecular flexibility index (Phi) is 4.47. The Morgan fingerprint density at radius 2 is 1.66 bits per heavy atom. The Labute approximate surface area is 185 Å². The van der Waals surface area contributed by atoms with E-state index in [1.807, 2.05) is 18.2 Å². The number of carbonyl (C=O) groups is 3. The lowest BCUT2D eigenvalue weighted by atomic mass is 9.73. The van der Waals surface area contributed by atoms with E-state index in [1.165, 1.54) is 11.9 Å². The van der Waals surface area contributed by atoms with E-state index < -0.39 is 24.0 Å². The molecule has 2 aliphatic heterocycles. The Bertz CT molecular complexity index is 1200. The molecule has 1 N–H and O–H groups in total. The highest BCUT2D eigenvalue weighted by molar-refractivity contribution is 6.22. The highest BCUT2D eigenvalue weighted by Crippen LogP contribution is 2.51. The van der Waals surface area contributed by atoms with Gasteiger partial charge in [-0.1, -0.05) is 24.3 Å². The lowest BCUT2D eigenvalue weighted by Gasteiger charge is -2.48. The van der Waals surface area contributed by atoms with Gasteiger partial charge in [-0.2, -0.15) is 0 Å². The SMILES string of the molecule is COc1ccc(OC)c(C2C3=C(NC4C2C(=O)N(C)C(=O)N4C)c2ccccc2C3=O)c1. The van der Waals surface area contributed by atoms with E-state index in [4.69, 9.17) is 9.47 Å². The van der Waals surface area contributed by atoms with Gasteiger partial charge < -0.3 is 19.7 Å². The molecule has 0 saturated carbocycles. The number of amides is 3. The normalized spacial score (nSPS) is 24.1. The van der Waals surface area contributed by atoms with Crippen LogP contribution in [-0.4, -0.2) is 62.0 Å². The number of rotatable bonds is 3. The monoisotopic (exact) mass is 433 g/mol. The van der Waals surface area contributed by atoms with Crippen molar-refractivity contribution in [3.63, 3.8) is 0 Å². The molecule has 0 bridgehead atoms. The van der Waals surface area contributed by atoms with Crippen molar-refractivity contribution in [3.05, 3.63) is 64.7 Å². The molecule has 0 aromatic heterocycles. The zero-order chi connectivity index (χ0) is 22.7. The van der Waals surface area contributed by atoms with Crippen LogP contribution in [0.1, 0.15) is 27.4 Å². The Balaban J connectivity index is 1.80. The number of urea groups is 1. The van der Waals surface area contributed by atoms with Crippen molar-refractivity contribution >= 4 is 23.4 Å². The minimum Gasteiger partial charge on any atom is -0.497 e. The van der Waals surface area contributed by atoms with E-state index >= 15 is 0 Å². The van der Waals surface area contributed by atoms with E-state index in [0.717, 1.165) is 10.5 Å². The Hall–Kier alpha value is -3.81. The van der Waals surface area contributed by atoms with Crippen LogP contribution in [0, 0.1) is 5.92 Å². The van der Waals surface area contributed by atoms with Crippen LogP contribution < -0.4 is 14.8 Å². The summed E-state index contributed by atoms with van der Waals surface area (Å²) in [6.07, 6.45) is -0.621. The number of ether oxygens (including phenoxy) is 2. The molecule has 5 rings (SSSR count). The molecule has 1 aliphatic carbocycles. The van der Waals surface area contributed by atoms with Crippen LogP contribution in [0.2, 0.25) is 0 Å². The number of carbonyl (C=O) groups excluding carboxylic acids is 3. The molecule has 3 aliphatic rings. The van der Waals surface area contributed by atoms with Crippen LogP contribution in [-0.2, 0) is 4.79 Å². The summed E-state index contributed by atoms with van der Waals surface area (Å²) in [4.78, 5) is 42.4. The fraction of sp³-hybridized carbons (Fsp3) is 0.292. The third kappa shape index (κ3) is 2.58. The molecule has 8 heteroatoms. The number of fused-ring (bicyclic) bond motifs is 3. The van der Waals surface area contributed by atoms with Crippen molar-refractivity contribution in [2.45, 2.75) is 12.1 Å². The second kappa shape index (κ2) is 7.12. The molecule has 0 radical (unpaired) electrons.